The van der Waals surface area contributed by atoms with Gasteiger partial charge in [0.25, 0.3) is 0 Å². The molecule has 0 unspecified atom stereocenters. The van der Waals surface area contributed by atoms with Crippen LogP contribution < -0.4 is 0 Å². The number of allylic oxidation sites excluding steroid dienone is 1. The third kappa shape index (κ3) is 3.66. The molecule has 0 radical (unpaired) electrons. The molecule has 0 aromatic heterocycles. The molecule has 0 aliphatic heterocycles. The van der Waals surface area contributed by atoms with Crippen molar-refractivity contribution in [3.63, 3.8) is 0 Å². The highest BCUT2D eigenvalue weighted by atomic mass is 13.9. The van der Waals surface area contributed by atoms with Crippen molar-refractivity contribution < 1.29 is 0 Å². The maximum atomic E-state index is 3.16. The molecule has 0 aliphatic rings. The maximum Gasteiger partial charge on any atom is 0.0248 e. The lowest BCUT2D eigenvalue weighted by atomic mass is 10.1. The van der Waals surface area contributed by atoms with Crippen LogP contribution in [-0.2, 0) is 0 Å². The first-order valence-corrected chi connectivity index (χ1v) is 5.65. The number of hydrogen-bond acceptors (Lipinski definition) is 0. The van der Waals surface area contributed by atoms with Gasteiger partial charge in [-0.05, 0) is 36.3 Å². The van der Waals surface area contributed by atoms with Crippen LogP contribution in [0.1, 0.15) is 18.1 Å². The fourth-order valence-corrected chi connectivity index (χ4v) is 1.53. The molecule has 0 spiro atoms. The van der Waals surface area contributed by atoms with Gasteiger partial charge in [0.1, 0.15) is 0 Å². The molecule has 0 aliphatic carbocycles. The van der Waals surface area contributed by atoms with E-state index in [0.29, 0.717) is 0 Å². The highest BCUT2D eigenvalue weighted by Gasteiger charge is 1.86. The monoisotopic (exact) mass is 218 g/mol. The van der Waals surface area contributed by atoms with Crippen molar-refractivity contribution in [2.75, 3.05) is 0 Å². The summed E-state index contributed by atoms with van der Waals surface area (Å²) in [5.74, 6) is 6.30. The molecule has 2 aromatic rings. The van der Waals surface area contributed by atoms with Crippen molar-refractivity contribution in [2.45, 2.75) is 6.92 Å². The molecular weight excluding hydrogens is 204 g/mol. The van der Waals surface area contributed by atoms with Gasteiger partial charge in [0.05, 0.1) is 0 Å². The summed E-state index contributed by atoms with van der Waals surface area (Å²) in [5, 5.41) is 0. The van der Waals surface area contributed by atoms with E-state index >= 15 is 0 Å². The first-order valence-electron chi connectivity index (χ1n) is 5.65. The van der Waals surface area contributed by atoms with Crippen LogP contribution in [-0.4, -0.2) is 0 Å². The molecule has 0 N–H and O–H groups in total. The quantitative estimate of drug-likeness (QED) is 0.631. The van der Waals surface area contributed by atoms with E-state index in [1.54, 1.807) is 0 Å². The fourth-order valence-electron chi connectivity index (χ4n) is 1.53. The number of benzene rings is 2. The predicted molar refractivity (Wildman–Crippen MR) is 73.4 cm³/mol. The molecule has 0 atom stereocenters. The zero-order valence-electron chi connectivity index (χ0n) is 9.85. The van der Waals surface area contributed by atoms with Crippen molar-refractivity contribution in [2.24, 2.45) is 0 Å². The smallest absolute Gasteiger partial charge is 0.0248 e. The first kappa shape index (κ1) is 11.2. The Hall–Kier alpha value is -2.26. The summed E-state index contributed by atoms with van der Waals surface area (Å²) >= 11 is 0. The maximum absolute atomic E-state index is 3.16. The standard InChI is InChI=1S/C17H14/c1-15(14-17-10-6-3-7-11-17)12-13-16-8-4-2-5-9-16/h2-11,14H,1H3/b15-14+. The zero-order chi connectivity index (χ0) is 11.9. The number of hydrogen-bond donors (Lipinski definition) is 0. The van der Waals surface area contributed by atoms with Crippen molar-refractivity contribution >= 4 is 6.08 Å². The Bertz CT molecular complexity index is 551. The Morgan fingerprint density at radius 2 is 1.47 bits per heavy atom. The third-order valence-electron chi connectivity index (χ3n) is 2.36. The van der Waals surface area contributed by atoms with Gasteiger partial charge >= 0.3 is 0 Å². The Morgan fingerprint density at radius 1 is 0.882 bits per heavy atom. The normalized spacial score (nSPS) is 10.5. The lowest BCUT2D eigenvalue weighted by molar-refractivity contribution is 1.57. The molecule has 0 amide bonds. The van der Waals surface area contributed by atoms with Gasteiger partial charge in [-0.15, -0.1) is 0 Å². The summed E-state index contributed by atoms with van der Waals surface area (Å²) in [6.07, 6.45) is 2.09. The van der Waals surface area contributed by atoms with Crippen molar-refractivity contribution in [1.29, 1.82) is 0 Å². The third-order valence-corrected chi connectivity index (χ3v) is 2.36. The van der Waals surface area contributed by atoms with Gasteiger partial charge in [-0.25, -0.2) is 0 Å². The van der Waals surface area contributed by atoms with E-state index in [2.05, 4.69) is 30.0 Å². The fraction of sp³-hybridized carbons (Fsp3) is 0.0588. The Morgan fingerprint density at radius 3 is 2.12 bits per heavy atom. The topological polar surface area (TPSA) is 0 Å². The minimum absolute atomic E-state index is 1.05. The Kier molecular flexibility index (Phi) is 3.78. The van der Waals surface area contributed by atoms with E-state index in [-0.39, 0.29) is 0 Å². The molecular formula is C17H14. The summed E-state index contributed by atoms with van der Waals surface area (Å²) in [6, 6.07) is 20.3. The van der Waals surface area contributed by atoms with Gasteiger partial charge < -0.3 is 0 Å². The van der Waals surface area contributed by atoms with E-state index in [0.717, 1.165) is 11.1 Å². The lowest BCUT2D eigenvalue weighted by Gasteiger charge is -1.92. The van der Waals surface area contributed by atoms with Gasteiger partial charge in [-0.2, -0.15) is 0 Å². The van der Waals surface area contributed by atoms with E-state index in [1.807, 2.05) is 55.5 Å². The molecule has 0 fully saturated rings. The van der Waals surface area contributed by atoms with Crippen molar-refractivity contribution in [3.05, 3.63) is 77.4 Å². The zero-order valence-corrected chi connectivity index (χ0v) is 9.85. The largest absolute Gasteiger partial charge is 0.0664 e. The van der Waals surface area contributed by atoms with Gasteiger partial charge in [0.2, 0.25) is 0 Å². The van der Waals surface area contributed by atoms with Crippen LogP contribution in [0.3, 0.4) is 0 Å². The second-order valence-electron chi connectivity index (χ2n) is 3.85. The first-order chi connectivity index (χ1) is 8.34. The molecule has 0 heterocycles. The molecule has 0 heteroatoms. The van der Waals surface area contributed by atoms with Crippen LogP contribution in [0.4, 0.5) is 0 Å². The van der Waals surface area contributed by atoms with E-state index in [4.69, 9.17) is 0 Å². The molecule has 0 saturated carbocycles. The van der Waals surface area contributed by atoms with E-state index in [9.17, 15) is 0 Å². The minimum Gasteiger partial charge on any atom is -0.0664 e. The van der Waals surface area contributed by atoms with Gasteiger partial charge in [0.15, 0.2) is 0 Å². The molecule has 17 heavy (non-hydrogen) atoms. The molecule has 0 bridgehead atoms. The van der Waals surface area contributed by atoms with Crippen LogP contribution in [0.15, 0.2) is 66.2 Å². The second-order valence-corrected chi connectivity index (χ2v) is 3.85. The lowest BCUT2D eigenvalue weighted by Crippen LogP contribution is -1.75. The summed E-state index contributed by atoms with van der Waals surface area (Å²) in [6.45, 7) is 2.03. The second kappa shape index (κ2) is 5.72. The summed E-state index contributed by atoms with van der Waals surface area (Å²) < 4.78 is 0. The number of rotatable bonds is 1. The molecule has 2 rings (SSSR count). The molecule has 0 saturated heterocycles. The summed E-state index contributed by atoms with van der Waals surface area (Å²) in [4.78, 5) is 0. The van der Waals surface area contributed by atoms with Crippen molar-refractivity contribution in [1.82, 2.24) is 0 Å². The average molecular weight is 218 g/mol. The van der Waals surface area contributed by atoms with Crippen LogP contribution in [0.5, 0.6) is 0 Å². The van der Waals surface area contributed by atoms with E-state index < -0.39 is 0 Å². The molecule has 2 aromatic carbocycles. The van der Waals surface area contributed by atoms with E-state index in [1.165, 1.54) is 5.56 Å². The highest BCUT2D eigenvalue weighted by Crippen LogP contribution is 2.05. The predicted octanol–water partition coefficient (Wildman–Crippen LogP) is 4.14. The molecule has 82 valence electrons. The van der Waals surface area contributed by atoms with Gasteiger partial charge in [-0.3, -0.25) is 0 Å². The average Bonchev–Trinajstić information content (AvgIpc) is 2.39. The molecule has 0 nitrogen and oxygen atoms in total. The summed E-state index contributed by atoms with van der Waals surface area (Å²) in [7, 11) is 0. The van der Waals surface area contributed by atoms with Crippen molar-refractivity contribution in [3.8, 4) is 11.8 Å². The SMILES string of the molecule is C/C(C#Cc1ccccc1)=C\c1ccccc1. The van der Waals surface area contributed by atoms with Crippen LogP contribution in [0.2, 0.25) is 0 Å². The summed E-state index contributed by atoms with van der Waals surface area (Å²) in [5.41, 5.74) is 3.31. The minimum atomic E-state index is 1.05. The van der Waals surface area contributed by atoms with Crippen LogP contribution in [0.25, 0.3) is 6.08 Å². The highest BCUT2D eigenvalue weighted by molar-refractivity contribution is 5.58. The van der Waals surface area contributed by atoms with Crippen LogP contribution in [0, 0.1) is 11.8 Å². The Labute approximate surface area is 103 Å². The van der Waals surface area contributed by atoms with Gasteiger partial charge in [-0.1, -0.05) is 60.4 Å². The van der Waals surface area contributed by atoms with Crippen LogP contribution >= 0.6 is 0 Å². The Balaban J connectivity index is 2.15. The van der Waals surface area contributed by atoms with Gasteiger partial charge in [0, 0.05) is 5.56 Å².